The molecule has 1 saturated heterocycles. The Labute approximate surface area is 154 Å². The molecule has 3 aromatic rings. The number of aliphatic imine (C=N–C) groups is 1. The SMILES string of the molecule is CN1C(=Nc2ccncc2)N(C)[C@@H](c2ccccc2)[C@@H]1c1ccccc1. The van der Waals surface area contributed by atoms with Gasteiger partial charge in [0, 0.05) is 26.5 Å². The summed E-state index contributed by atoms with van der Waals surface area (Å²) in [5, 5.41) is 0. The van der Waals surface area contributed by atoms with Crippen molar-refractivity contribution in [1.82, 2.24) is 14.8 Å². The van der Waals surface area contributed by atoms with Gasteiger partial charge in [-0.2, -0.15) is 0 Å². The molecular formula is C22H22N4. The van der Waals surface area contributed by atoms with Gasteiger partial charge in [0.2, 0.25) is 5.96 Å². The highest BCUT2D eigenvalue weighted by molar-refractivity contribution is 5.85. The number of nitrogens with zero attached hydrogens (tertiary/aromatic N) is 4. The molecule has 2 aromatic carbocycles. The van der Waals surface area contributed by atoms with Crippen LogP contribution < -0.4 is 0 Å². The van der Waals surface area contributed by atoms with Crippen LogP contribution in [0.3, 0.4) is 0 Å². The first-order chi connectivity index (χ1) is 12.8. The molecule has 1 aliphatic heterocycles. The van der Waals surface area contributed by atoms with Gasteiger partial charge in [-0.3, -0.25) is 4.98 Å². The molecule has 1 aliphatic rings. The van der Waals surface area contributed by atoms with E-state index in [1.54, 1.807) is 12.4 Å². The lowest BCUT2D eigenvalue weighted by Crippen LogP contribution is -2.29. The molecule has 0 bridgehead atoms. The van der Waals surface area contributed by atoms with E-state index in [9.17, 15) is 0 Å². The molecule has 130 valence electrons. The maximum atomic E-state index is 4.90. The Bertz CT molecular complexity index is 824. The number of likely N-dealkylation sites (N-methyl/N-ethyl adjacent to an activating group) is 2. The van der Waals surface area contributed by atoms with Gasteiger partial charge < -0.3 is 9.80 Å². The van der Waals surface area contributed by atoms with Crippen molar-refractivity contribution >= 4 is 11.6 Å². The fraction of sp³-hybridized carbons (Fsp3) is 0.182. The number of pyridine rings is 1. The van der Waals surface area contributed by atoms with Crippen molar-refractivity contribution in [3.8, 4) is 0 Å². The zero-order chi connectivity index (χ0) is 17.9. The summed E-state index contributed by atoms with van der Waals surface area (Å²) < 4.78 is 0. The summed E-state index contributed by atoms with van der Waals surface area (Å²) in [6.07, 6.45) is 3.55. The number of benzene rings is 2. The molecule has 4 nitrogen and oxygen atoms in total. The van der Waals surface area contributed by atoms with Gasteiger partial charge in [-0.05, 0) is 23.3 Å². The summed E-state index contributed by atoms with van der Waals surface area (Å²) in [4.78, 5) is 13.5. The van der Waals surface area contributed by atoms with Crippen molar-refractivity contribution in [3.63, 3.8) is 0 Å². The lowest BCUT2D eigenvalue weighted by atomic mass is 9.93. The fourth-order valence-corrected chi connectivity index (χ4v) is 3.73. The topological polar surface area (TPSA) is 31.7 Å². The molecule has 4 rings (SSSR count). The minimum atomic E-state index is 0.198. The molecule has 2 atom stereocenters. The summed E-state index contributed by atoms with van der Waals surface area (Å²) in [5.74, 6) is 0.957. The van der Waals surface area contributed by atoms with E-state index in [0.717, 1.165) is 11.6 Å². The van der Waals surface area contributed by atoms with Crippen LogP contribution >= 0.6 is 0 Å². The maximum Gasteiger partial charge on any atom is 0.202 e. The average molecular weight is 342 g/mol. The van der Waals surface area contributed by atoms with E-state index in [0.29, 0.717) is 0 Å². The molecule has 0 saturated carbocycles. The van der Waals surface area contributed by atoms with Crippen LogP contribution in [0.1, 0.15) is 23.2 Å². The largest absolute Gasteiger partial charge is 0.336 e. The van der Waals surface area contributed by atoms with E-state index < -0.39 is 0 Å². The molecule has 26 heavy (non-hydrogen) atoms. The zero-order valence-corrected chi connectivity index (χ0v) is 15.0. The molecule has 1 aromatic heterocycles. The van der Waals surface area contributed by atoms with Gasteiger partial charge in [0.25, 0.3) is 0 Å². The second-order valence-corrected chi connectivity index (χ2v) is 6.55. The third-order valence-electron chi connectivity index (χ3n) is 4.94. The molecule has 0 unspecified atom stereocenters. The second-order valence-electron chi connectivity index (χ2n) is 6.55. The minimum absolute atomic E-state index is 0.198. The standard InChI is InChI=1S/C22H22N4/c1-25-20(17-9-5-3-6-10-17)21(18-11-7-4-8-12-18)26(2)22(25)24-19-13-15-23-16-14-19/h3-16,20-21H,1-2H3/t20-,21-/m0/s1. The smallest absolute Gasteiger partial charge is 0.202 e. The van der Waals surface area contributed by atoms with Gasteiger partial charge in [-0.25, -0.2) is 4.99 Å². The van der Waals surface area contributed by atoms with Gasteiger partial charge in [-0.1, -0.05) is 60.7 Å². The predicted molar refractivity (Wildman–Crippen MR) is 105 cm³/mol. The highest BCUT2D eigenvalue weighted by Gasteiger charge is 2.42. The lowest BCUT2D eigenvalue weighted by molar-refractivity contribution is 0.316. The summed E-state index contributed by atoms with van der Waals surface area (Å²) in [6.45, 7) is 0. The molecule has 0 amide bonds. The highest BCUT2D eigenvalue weighted by Crippen LogP contribution is 2.43. The number of hydrogen-bond donors (Lipinski definition) is 0. The first-order valence-corrected chi connectivity index (χ1v) is 8.80. The van der Waals surface area contributed by atoms with Gasteiger partial charge in [0.05, 0.1) is 17.8 Å². The highest BCUT2D eigenvalue weighted by atomic mass is 15.5. The summed E-state index contributed by atoms with van der Waals surface area (Å²) >= 11 is 0. The van der Waals surface area contributed by atoms with E-state index in [4.69, 9.17) is 4.99 Å². The Morgan fingerprint density at radius 3 is 1.62 bits per heavy atom. The van der Waals surface area contributed by atoms with E-state index in [1.165, 1.54) is 11.1 Å². The van der Waals surface area contributed by atoms with Gasteiger partial charge in [0.1, 0.15) is 0 Å². The number of rotatable bonds is 3. The third kappa shape index (κ3) is 2.94. The Morgan fingerprint density at radius 1 is 0.692 bits per heavy atom. The van der Waals surface area contributed by atoms with Crippen LogP contribution in [0, 0.1) is 0 Å². The molecule has 2 heterocycles. The Hall–Kier alpha value is -3.14. The molecule has 0 radical (unpaired) electrons. The maximum absolute atomic E-state index is 4.90. The van der Waals surface area contributed by atoms with Crippen LogP contribution in [0.15, 0.2) is 90.2 Å². The molecule has 0 spiro atoms. The molecule has 1 fully saturated rings. The first-order valence-electron chi connectivity index (χ1n) is 8.80. The van der Waals surface area contributed by atoms with E-state index in [-0.39, 0.29) is 12.1 Å². The van der Waals surface area contributed by atoms with E-state index >= 15 is 0 Å². The van der Waals surface area contributed by atoms with Crippen LogP contribution in [-0.2, 0) is 0 Å². The average Bonchev–Trinajstić information content (AvgIpc) is 2.95. The van der Waals surface area contributed by atoms with Crippen molar-refractivity contribution in [2.45, 2.75) is 12.1 Å². The van der Waals surface area contributed by atoms with Crippen LogP contribution in [0.4, 0.5) is 5.69 Å². The third-order valence-corrected chi connectivity index (χ3v) is 4.94. The molecule has 0 N–H and O–H groups in total. The van der Waals surface area contributed by atoms with Gasteiger partial charge in [-0.15, -0.1) is 0 Å². The van der Waals surface area contributed by atoms with Crippen LogP contribution in [-0.4, -0.2) is 34.8 Å². The molecule has 0 aliphatic carbocycles. The van der Waals surface area contributed by atoms with Gasteiger partial charge in [0.15, 0.2) is 0 Å². The zero-order valence-electron chi connectivity index (χ0n) is 15.0. The Kier molecular flexibility index (Phi) is 4.40. The number of aromatic nitrogens is 1. The van der Waals surface area contributed by atoms with Crippen molar-refractivity contribution < 1.29 is 0 Å². The molecule has 4 heteroatoms. The summed E-state index contributed by atoms with van der Waals surface area (Å²) in [7, 11) is 4.24. The molecular weight excluding hydrogens is 320 g/mol. The van der Waals surface area contributed by atoms with Crippen LogP contribution in [0.25, 0.3) is 0 Å². The van der Waals surface area contributed by atoms with Crippen molar-refractivity contribution in [3.05, 3.63) is 96.3 Å². The second kappa shape index (κ2) is 7.00. The fourth-order valence-electron chi connectivity index (χ4n) is 3.73. The Balaban J connectivity index is 1.81. The Morgan fingerprint density at radius 2 is 1.15 bits per heavy atom. The van der Waals surface area contributed by atoms with E-state index in [1.807, 2.05) is 12.1 Å². The normalized spacial score (nSPS) is 19.7. The van der Waals surface area contributed by atoms with Gasteiger partial charge >= 0.3 is 0 Å². The van der Waals surface area contributed by atoms with Crippen LogP contribution in [0.2, 0.25) is 0 Å². The lowest BCUT2D eigenvalue weighted by Gasteiger charge is -2.26. The first kappa shape index (κ1) is 16.3. The number of guanidine groups is 1. The predicted octanol–water partition coefficient (Wildman–Crippen LogP) is 4.43. The van der Waals surface area contributed by atoms with E-state index in [2.05, 4.69) is 89.5 Å². The minimum Gasteiger partial charge on any atom is -0.336 e. The number of hydrogen-bond acceptors (Lipinski definition) is 2. The van der Waals surface area contributed by atoms with Crippen molar-refractivity contribution in [1.29, 1.82) is 0 Å². The quantitative estimate of drug-likeness (QED) is 0.706. The monoisotopic (exact) mass is 342 g/mol. The van der Waals surface area contributed by atoms with Crippen molar-refractivity contribution in [2.75, 3.05) is 14.1 Å². The summed E-state index contributed by atoms with van der Waals surface area (Å²) in [5.41, 5.74) is 3.49. The van der Waals surface area contributed by atoms with Crippen molar-refractivity contribution in [2.24, 2.45) is 4.99 Å². The summed E-state index contributed by atoms with van der Waals surface area (Å²) in [6, 6.07) is 25.6. The van der Waals surface area contributed by atoms with Crippen LogP contribution in [0.5, 0.6) is 0 Å².